The van der Waals surface area contributed by atoms with Gasteiger partial charge in [-0.25, -0.2) is 4.79 Å². The van der Waals surface area contributed by atoms with Gasteiger partial charge in [0.05, 0.1) is 6.61 Å². The second-order valence-corrected chi connectivity index (χ2v) is 4.80. The Kier molecular flexibility index (Phi) is 4.82. The van der Waals surface area contributed by atoms with Crippen LogP contribution in [0.3, 0.4) is 0 Å². The molecule has 0 aliphatic heterocycles. The molecule has 0 amide bonds. The summed E-state index contributed by atoms with van der Waals surface area (Å²) in [5.74, 6) is 1.78. The van der Waals surface area contributed by atoms with Crippen LogP contribution in [0.15, 0.2) is 11.4 Å². The average molecular weight is 232 g/mol. The van der Waals surface area contributed by atoms with E-state index in [1.54, 1.807) is 23.2 Å². The highest BCUT2D eigenvalue weighted by Gasteiger charge is 2.06. The van der Waals surface area contributed by atoms with E-state index in [0.717, 1.165) is 11.5 Å². The van der Waals surface area contributed by atoms with Crippen molar-refractivity contribution in [3.63, 3.8) is 0 Å². The molecular weight excluding hydrogens is 220 g/mol. The molecule has 0 spiro atoms. The zero-order valence-corrected chi connectivity index (χ0v) is 9.49. The first kappa shape index (κ1) is 11.4. The number of aromatic carboxylic acids is 1. The Morgan fingerprint density at radius 2 is 2.50 bits per heavy atom. The number of carboxylic acid groups (broad SMARTS) is 1. The Balaban J connectivity index is 2.33. The lowest BCUT2D eigenvalue weighted by molar-refractivity contribution is 0.0702. The van der Waals surface area contributed by atoms with Crippen molar-refractivity contribution in [2.75, 3.05) is 18.1 Å². The molecule has 0 aliphatic carbocycles. The van der Waals surface area contributed by atoms with Crippen LogP contribution in [-0.4, -0.2) is 29.2 Å². The topological polar surface area (TPSA) is 46.5 Å². The lowest BCUT2D eigenvalue weighted by Crippen LogP contribution is -1.99. The molecule has 0 atom stereocenters. The van der Waals surface area contributed by atoms with Crippen LogP contribution >= 0.6 is 23.1 Å². The van der Waals surface area contributed by atoms with E-state index in [-0.39, 0.29) is 0 Å². The van der Waals surface area contributed by atoms with Gasteiger partial charge < -0.3 is 9.84 Å². The fraction of sp³-hybridized carbons (Fsp3) is 0.444. The summed E-state index contributed by atoms with van der Waals surface area (Å²) in [6, 6.07) is 1.56. The van der Waals surface area contributed by atoms with Crippen molar-refractivity contribution >= 4 is 29.1 Å². The second kappa shape index (κ2) is 5.93. The van der Waals surface area contributed by atoms with Gasteiger partial charge in [0.2, 0.25) is 0 Å². The van der Waals surface area contributed by atoms with E-state index >= 15 is 0 Å². The molecule has 0 saturated carbocycles. The number of carbonyl (C=O) groups is 1. The van der Waals surface area contributed by atoms with Gasteiger partial charge in [-0.05, 0) is 5.75 Å². The number of hydrogen-bond acceptors (Lipinski definition) is 4. The maximum absolute atomic E-state index is 10.5. The minimum atomic E-state index is -0.896. The number of thiophene rings is 1. The maximum Gasteiger partial charge on any atom is 0.346 e. The van der Waals surface area contributed by atoms with Crippen molar-refractivity contribution in [2.24, 2.45) is 0 Å². The number of hydrogen-bond donors (Lipinski definition) is 1. The summed E-state index contributed by atoms with van der Waals surface area (Å²) in [5.41, 5.74) is 0. The zero-order valence-electron chi connectivity index (χ0n) is 7.86. The molecule has 14 heavy (non-hydrogen) atoms. The molecule has 78 valence electrons. The van der Waals surface area contributed by atoms with Crippen LogP contribution in [0, 0.1) is 0 Å². The summed E-state index contributed by atoms with van der Waals surface area (Å²) in [6.45, 7) is 2.73. The van der Waals surface area contributed by atoms with Crippen LogP contribution in [0.5, 0.6) is 5.75 Å². The molecule has 1 aromatic heterocycles. The Bertz CT molecular complexity index is 296. The highest BCUT2D eigenvalue weighted by molar-refractivity contribution is 7.99. The Morgan fingerprint density at radius 1 is 1.71 bits per heavy atom. The van der Waals surface area contributed by atoms with E-state index < -0.39 is 5.97 Å². The van der Waals surface area contributed by atoms with Gasteiger partial charge in [-0.3, -0.25) is 0 Å². The van der Waals surface area contributed by atoms with Gasteiger partial charge >= 0.3 is 5.97 Å². The zero-order chi connectivity index (χ0) is 10.4. The summed E-state index contributed by atoms with van der Waals surface area (Å²) < 4.78 is 5.37. The molecule has 0 bridgehead atoms. The van der Waals surface area contributed by atoms with Crippen LogP contribution in [0.25, 0.3) is 0 Å². The summed E-state index contributed by atoms with van der Waals surface area (Å²) in [4.78, 5) is 10.9. The smallest absolute Gasteiger partial charge is 0.346 e. The van der Waals surface area contributed by atoms with Crippen LogP contribution < -0.4 is 4.74 Å². The standard InChI is InChI=1S/C9H12O3S2/c1-2-13-4-3-12-7-5-8(9(10)11)14-6-7/h5-6H,2-4H2,1H3,(H,10,11). The summed E-state index contributed by atoms with van der Waals surface area (Å²) >= 11 is 2.99. The van der Waals surface area contributed by atoms with E-state index in [1.807, 2.05) is 0 Å². The number of ether oxygens (including phenoxy) is 1. The molecule has 0 radical (unpaired) electrons. The molecule has 1 aromatic rings. The molecule has 0 fully saturated rings. The Morgan fingerprint density at radius 3 is 3.07 bits per heavy atom. The van der Waals surface area contributed by atoms with Crippen molar-refractivity contribution in [1.29, 1.82) is 0 Å². The van der Waals surface area contributed by atoms with Crippen molar-refractivity contribution in [3.8, 4) is 5.75 Å². The number of thioether (sulfide) groups is 1. The predicted molar refractivity (Wildman–Crippen MR) is 59.8 cm³/mol. The van der Waals surface area contributed by atoms with Gasteiger partial charge in [0, 0.05) is 17.2 Å². The molecule has 0 unspecified atom stereocenters. The largest absolute Gasteiger partial charge is 0.492 e. The molecule has 0 aliphatic rings. The highest BCUT2D eigenvalue weighted by Crippen LogP contribution is 2.21. The van der Waals surface area contributed by atoms with Crippen molar-refractivity contribution in [2.45, 2.75) is 6.92 Å². The monoisotopic (exact) mass is 232 g/mol. The molecule has 3 nitrogen and oxygen atoms in total. The lowest BCUT2D eigenvalue weighted by Gasteiger charge is -2.01. The van der Waals surface area contributed by atoms with Gasteiger partial charge in [0.15, 0.2) is 0 Å². The molecular formula is C9H12O3S2. The van der Waals surface area contributed by atoms with Gasteiger partial charge in [-0.15, -0.1) is 11.3 Å². The van der Waals surface area contributed by atoms with Crippen molar-refractivity contribution in [3.05, 3.63) is 16.3 Å². The Labute approximate surface area is 91.1 Å². The first-order valence-electron chi connectivity index (χ1n) is 4.26. The first-order chi connectivity index (χ1) is 6.74. The molecule has 0 saturated heterocycles. The first-order valence-corrected chi connectivity index (χ1v) is 6.30. The summed E-state index contributed by atoms with van der Waals surface area (Å²) in [5, 5.41) is 10.4. The quantitative estimate of drug-likeness (QED) is 0.766. The van der Waals surface area contributed by atoms with Crippen LogP contribution in [0.2, 0.25) is 0 Å². The van der Waals surface area contributed by atoms with Crippen LogP contribution in [-0.2, 0) is 0 Å². The van der Waals surface area contributed by atoms with Crippen molar-refractivity contribution < 1.29 is 14.6 Å². The third-order valence-electron chi connectivity index (χ3n) is 1.49. The molecule has 0 aromatic carbocycles. The van der Waals surface area contributed by atoms with Crippen LogP contribution in [0.1, 0.15) is 16.6 Å². The third-order valence-corrected chi connectivity index (χ3v) is 3.25. The highest BCUT2D eigenvalue weighted by atomic mass is 32.2. The van der Waals surface area contributed by atoms with Gasteiger partial charge in [0.1, 0.15) is 10.6 Å². The SMILES string of the molecule is CCSCCOc1csc(C(=O)O)c1. The maximum atomic E-state index is 10.5. The van der Waals surface area contributed by atoms with E-state index in [9.17, 15) is 4.79 Å². The summed E-state index contributed by atoms with van der Waals surface area (Å²) in [7, 11) is 0. The third kappa shape index (κ3) is 3.59. The lowest BCUT2D eigenvalue weighted by atomic mass is 10.4. The van der Waals surface area contributed by atoms with Crippen molar-refractivity contribution in [1.82, 2.24) is 0 Å². The van der Waals surface area contributed by atoms with Gasteiger partial charge in [0.25, 0.3) is 0 Å². The minimum Gasteiger partial charge on any atom is -0.492 e. The minimum absolute atomic E-state index is 0.322. The van der Waals surface area contributed by atoms with Gasteiger partial charge in [-0.2, -0.15) is 11.8 Å². The molecule has 1 heterocycles. The molecule has 1 rings (SSSR count). The normalized spacial score (nSPS) is 10.1. The second-order valence-electron chi connectivity index (χ2n) is 2.50. The Hall–Kier alpha value is -0.680. The van der Waals surface area contributed by atoms with E-state index in [2.05, 4.69) is 6.92 Å². The molecule has 1 N–H and O–H groups in total. The van der Waals surface area contributed by atoms with E-state index in [0.29, 0.717) is 17.2 Å². The fourth-order valence-electron chi connectivity index (χ4n) is 0.869. The van der Waals surface area contributed by atoms with Gasteiger partial charge in [-0.1, -0.05) is 6.92 Å². The number of carboxylic acids is 1. The summed E-state index contributed by atoms with van der Waals surface area (Å²) in [6.07, 6.45) is 0. The predicted octanol–water partition coefficient (Wildman–Crippen LogP) is 2.58. The van der Waals surface area contributed by atoms with Crippen LogP contribution in [0.4, 0.5) is 0 Å². The van der Waals surface area contributed by atoms with E-state index in [4.69, 9.17) is 9.84 Å². The number of rotatable bonds is 6. The molecule has 5 heteroatoms. The van der Waals surface area contributed by atoms with E-state index in [1.165, 1.54) is 11.3 Å². The average Bonchev–Trinajstić information content (AvgIpc) is 2.61. The fourth-order valence-corrected chi connectivity index (χ4v) is 2.02.